The molecule has 0 aromatic heterocycles. The molecule has 2 aliphatic rings. The number of allylic oxidation sites excluding steroid dienone is 2. The number of aliphatic hydroxyl groups is 1. The second-order valence-electron chi connectivity index (χ2n) is 4.97. The highest BCUT2D eigenvalue weighted by Gasteiger charge is 2.36. The maximum Gasteiger partial charge on any atom is 0.107 e. The van der Waals surface area contributed by atoms with E-state index >= 15 is 0 Å². The number of aliphatic hydroxyl groups excluding tert-OH is 1. The van der Waals surface area contributed by atoms with Crippen molar-refractivity contribution in [2.24, 2.45) is 11.8 Å². The van der Waals surface area contributed by atoms with E-state index in [0.717, 1.165) is 11.5 Å². The Labute approximate surface area is 108 Å². The standard InChI is InChI=1S/C16H18O2/c17-8-9-18-16(12-4-2-1-3-5-12)14-7-6-13-10-15(13)11-14/h1-7,11,13,15-17H,8-10H2. The predicted molar refractivity (Wildman–Crippen MR) is 71.0 cm³/mol. The minimum atomic E-state index is -0.0452. The van der Waals surface area contributed by atoms with Gasteiger partial charge >= 0.3 is 0 Å². The van der Waals surface area contributed by atoms with E-state index in [1.54, 1.807) is 0 Å². The van der Waals surface area contributed by atoms with Crippen LogP contribution in [-0.2, 0) is 4.74 Å². The monoisotopic (exact) mass is 242 g/mol. The smallest absolute Gasteiger partial charge is 0.107 e. The van der Waals surface area contributed by atoms with Crippen molar-refractivity contribution in [1.29, 1.82) is 0 Å². The van der Waals surface area contributed by atoms with Gasteiger partial charge in [0.05, 0.1) is 13.2 Å². The lowest BCUT2D eigenvalue weighted by Crippen LogP contribution is -2.11. The van der Waals surface area contributed by atoms with Gasteiger partial charge in [-0.15, -0.1) is 0 Å². The van der Waals surface area contributed by atoms with Gasteiger partial charge in [0.2, 0.25) is 0 Å². The van der Waals surface area contributed by atoms with Gasteiger partial charge in [-0.1, -0.05) is 48.6 Å². The number of ether oxygens (including phenoxy) is 1. The molecule has 2 aliphatic carbocycles. The van der Waals surface area contributed by atoms with Crippen LogP contribution in [0.25, 0.3) is 0 Å². The van der Waals surface area contributed by atoms with Crippen molar-refractivity contribution >= 4 is 0 Å². The fourth-order valence-corrected chi connectivity index (χ4v) is 2.54. The molecule has 0 aliphatic heterocycles. The first-order chi connectivity index (χ1) is 8.88. The maximum atomic E-state index is 8.96. The minimum Gasteiger partial charge on any atom is -0.394 e. The van der Waals surface area contributed by atoms with Crippen LogP contribution in [0, 0.1) is 11.8 Å². The molecule has 1 aromatic carbocycles. The molecular formula is C16H18O2. The van der Waals surface area contributed by atoms with E-state index in [1.807, 2.05) is 18.2 Å². The Bertz CT molecular complexity index is 461. The first kappa shape index (κ1) is 11.7. The SMILES string of the molecule is OCCOC(C1=CC2CC2C=C1)c1ccccc1. The van der Waals surface area contributed by atoms with Crippen molar-refractivity contribution in [3.63, 3.8) is 0 Å². The topological polar surface area (TPSA) is 29.5 Å². The lowest BCUT2D eigenvalue weighted by atomic mass is 9.96. The fraction of sp³-hybridized carbons (Fsp3) is 0.375. The highest BCUT2D eigenvalue weighted by atomic mass is 16.5. The molecule has 94 valence electrons. The summed E-state index contributed by atoms with van der Waals surface area (Å²) < 4.78 is 5.81. The fourth-order valence-electron chi connectivity index (χ4n) is 2.54. The molecule has 1 N–H and O–H groups in total. The average molecular weight is 242 g/mol. The normalized spacial score (nSPS) is 26.4. The zero-order valence-corrected chi connectivity index (χ0v) is 10.3. The van der Waals surface area contributed by atoms with Crippen LogP contribution in [0.2, 0.25) is 0 Å². The summed E-state index contributed by atoms with van der Waals surface area (Å²) in [6, 6.07) is 10.2. The molecule has 2 heteroatoms. The van der Waals surface area contributed by atoms with E-state index in [2.05, 4.69) is 30.4 Å². The molecule has 3 rings (SSSR count). The Morgan fingerprint density at radius 2 is 2.06 bits per heavy atom. The van der Waals surface area contributed by atoms with Gasteiger partial charge in [-0.05, 0) is 29.4 Å². The van der Waals surface area contributed by atoms with E-state index in [1.165, 1.54) is 12.0 Å². The molecule has 0 heterocycles. The van der Waals surface area contributed by atoms with Crippen molar-refractivity contribution in [3.8, 4) is 0 Å². The number of rotatable bonds is 5. The zero-order valence-electron chi connectivity index (χ0n) is 10.3. The van der Waals surface area contributed by atoms with Crippen LogP contribution in [0.3, 0.4) is 0 Å². The molecular weight excluding hydrogens is 224 g/mol. The van der Waals surface area contributed by atoms with Crippen LogP contribution in [0.4, 0.5) is 0 Å². The van der Waals surface area contributed by atoms with Gasteiger partial charge in [0.25, 0.3) is 0 Å². The van der Waals surface area contributed by atoms with Gasteiger partial charge in [0, 0.05) is 0 Å². The first-order valence-corrected chi connectivity index (χ1v) is 6.56. The number of fused-ring (bicyclic) bond motifs is 1. The van der Waals surface area contributed by atoms with Crippen molar-refractivity contribution < 1.29 is 9.84 Å². The lowest BCUT2D eigenvalue weighted by Gasteiger charge is -2.21. The van der Waals surface area contributed by atoms with Gasteiger partial charge in [0.15, 0.2) is 0 Å². The molecule has 0 spiro atoms. The van der Waals surface area contributed by atoms with E-state index in [-0.39, 0.29) is 12.7 Å². The third kappa shape index (κ3) is 2.40. The third-order valence-corrected chi connectivity index (χ3v) is 3.61. The third-order valence-electron chi connectivity index (χ3n) is 3.61. The molecule has 0 saturated heterocycles. The molecule has 3 atom stereocenters. The summed E-state index contributed by atoms with van der Waals surface area (Å²) in [5.74, 6) is 1.48. The maximum absolute atomic E-state index is 8.96. The van der Waals surface area contributed by atoms with Crippen LogP contribution >= 0.6 is 0 Å². The largest absolute Gasteiger partial charge is 0.394 e. The molecule has 2 nitrogen and oxygen atoms in total. The van der Waals surface area contributed by atoms with E-state index in [4.69, 9.17) is 9.84 Å². The van der Waals surface area contributed by atoms with Crippen molar-refractivity contribution in [2.75, 3.05) is 13.2 Å². The van der Waals surface area contributed by atoms with Crippen LogP contribution in [0.5, 0.6) is 0 Å². The molecule has 1 fully saturated rings. The van der Waals surface area contributed by atoms with Crippen molar-refractivity contribution in [3.05, 3.63) is 59.7 Å². The summed E-state index contributed by atoms with van der Waals surface area (Å²) in [6.45, 7) is 0.436. The van der Waals surface area contributed by atoms with Crippen molar-refractivity contribution in [2.45, 2.75) is 12.5 Å². The second-order valence-corrected chi connectivity index (χ2v) is 4.97. The van der Waals surface area contributed by atoms with Gasteiger partial charge in [-0.25, -0.2) is 0 Å². The molecule has 0 radical (unpaired) electrons. The molecule has 3 unspecified atom stereocenters. The molecule has 18 heavy (non-hydrogen) atoms. The Morgan fingerprint density at radius 3 is 2.78 bits per heavy atom. The van der Waals surface area contributed by atoms with E-state index in [0.29, 0.717) is 12.5 Å². The number of hydrogen-bond donors (Lipinski definition) is 1. The quantitative estimate of drug-likeness (QED) is 0.860. The van der Waals surface area contributed by atoms with Gasteiger partial charge in [-0.2, -0.15) is 0 Å². The summed E-state index contributed by atoms with van der Waals surface area (Å²) in [4.78, 5) is 0. The second kappa shape index (κ2) is 5.09. The summed E-state index contributed by atoms with van der Waals surface area (Å²) in [7, 11) is 0. The summed E-state index contributed by atoms with van der Waals surface area (Å²) in [6.07, 6.45) is 8.04. The summed E-state index contributed by atoms with van der Waals surface area (Å²) in [5, 5.41) is 8.96. The Hall–Kier alpha value is -1.38. The van der Waals surface area contributed by atoms with Crippen LogP contribution in [-0.4, -0.2) is 18.3 Å². The minimum absolute atomic E-state index is 0.0452. The zero-order chi connectivity index (χ0) is 12.4. The Balaban J connectivity index is 1.83. The summed E-state index contributed by atoms with van der Waals surface area (Å²) in [5.41, 5.74) is 2.38. The highest BCUT2D eigenvalue weighted by molar-refractivity contribution is 5.38. The van der Waals surface area contributed by atoms with Gasteiger partial charge in [0.1, 0.15) is 6.10 Å². The lowest BCUT2D eigenvalue weighted by molar-refractivity contribution is 0.0494. The van der Waals surface area contributed by atoms with Gasteiger partial charge in [-0.3, -0.25) is 0 Å². The summed E-state index contributed by atoms with van der Waals surface area (Å²) >= 11 is 0. The molecule has 0 bridgehead atoms. The highest BCUT2D eigenvalue weighted by Crippen LogP contribution is 2.46. The average Bonchev–Trinajstić information content (AvgIpc) is 3.19. The van der Waals surface area contributed by atoms with Crippen molar-refractivity contribution in [1.82, 2.24) is 0 Å². The Kier molecular flexibility index (Phi) is 3.31. The predicted octanol–water partition coefficient (Wildman–Crippen LogP) is 2.87. The van der Waals surface area contributed by atoms with Gasteiger partial charge < -0.3 is 9.84 Å². The van der Waals surface area contributed by atoms with E-state index in [9.17, 15) is 0 Å². The first-order valence-electron chi connectivity index (χ1n) is 6.56. The van der Waals surface area contributed by atoms with E-state index < -0.39 is 0 Å². The molecule has 1 aromatic rings. The number of benzene rings is 1. The molecule has 0 amide bonds. The number of hydrogen-bond acceptors (Lipinski definition) is 2. The van der Waals surface area contributed by atoms with Crippen LogP contribution < -0.4 is 0 Å². The van der Waals surface area contributed by atoms with Crippen LogP contribution in [0.1, 0.15) is 18.1 Å². The molecule has 1 saturated carbocycles. The van der Waals surface area contributed by atoms with Crippen LogP contribution in [0.15, 0.2) is 54.1 Å². The Morgan fingerprint density at radius 1 is 1.22 bits per heavy atom.